The average Bonchev–Trinajstić information content (AvgIpc) is 2.79. The smallest absolute Gasteiger partial charge is 0.226 e. The predicted molar refractivity (Wildman–Crippen MR) is 86.4 cm³/mol. The molecule has 1 N–H and O–H groups in total. The first-order chi connectivity index (χ1) is 10.0. The van der Waals surface area contributed by atoms with Crippen LogP contribution in [-0.4, -0.2) is 17.5 Å². The Morgan fingerprint density at radius 1 is 1.38 bits per heavy atom. The molecule has 0 saturated carbocycles. The van der Waals surface area contributed by atoms with E-state index >= 15 is 0 Å². The number of ether oxygens (including phenoxy) is 1. The molecule has 0 bridgehead atoms. The number of anilines is 1. The molecule has 6 heteroatoms. The van der Waals surface area contributed by atoms with E-state index in [-0.39, 0.29) is 5.91 Å². The van der Waals surface area contributed by atoms with Gasteiger partial charge in [-0.15, -0.1) is 11.3 Å². The van der Waals surface area contributed by atoms with Gasteiger partial charge in [-0.2, -0.15) is 0 Å². The Kier molecular flexibility index (Phi) is 5.59. The second-order valence-electron chi connectivity index (χ2n) is 4.74. The number of carbonyl (C=O) groups excluding carboxylic acids is 1. The van der Waals surface area contributed by atoms with Gasteiger partial charge < -0.3 is 10.1 Å². The molecule has 0 unspecified atom stereocenters. The molecule has 1 aromatic heterocycles. The van der Waals surface area contributed by atoms with E-state index in [1.807, 2.05) is 26.0 Å². The van der Waals surface area contributed by atoms with Gasteiger partial charge in [-0.3, -0.25) is 4.79 Å². The van der Waals surface area contributed by atoms with Crippen LogP contribution in [0.4, 0.5) is 5.13 Å². The number of aromatic nitrogens is 1. The standard InChI is InChI=1S/C15H17ClN2O2S/c1-10-6-12(16)8-13(7-10)20-5-3-4-14(19)18-15-17-9-11(2)21-15/h6-9H,3-5H2,1-2H3,(H,17,18,19). The topological polar surface area (TPSA) is 51.2 Å². The van der Waals surface area contributed by atoms with Gasteiger partial charge >= 0.3 is 0 Å². The lowest BCUT2D eigenvalue weighted by molar-refractivity contribution is -0.116. The molecule has 0 saturated heterocycles. The summed E-state index contributed by atoms with van der Waals surface area (Å²) in [5.74, 6) is 0.686. The molecule has 0 radical (unpaired) electrons. The fourth-order valence-corrected chi connectivity index (χ4v) is 2.76. The van der Waals surface area contributed by atoms with Crippen molar-refractivity contribution in [2.75, 3.05) is 11.9 Å². The molecule has 0 aliphatic carbocycles. The quantitative estimate of drug-likeness (QED) is 0.810. The molecule has 0 atom stereocenters. The van der Waals surface area contributed by atoms with Crippen LogP contribution in [0, 0.1) is 13.8 Å². The number of hydrogen-bond acceptors (Lipinski definition) is 4. The van der Waals surface area contributed by atoms with Crippen molar-refractivity contribution in [3.63, 3.8) is 0 Å². The molecule has 0 aliphatic heterocycles. The van der Waals surface area contributed by atoms with Crippen LogP contribution in [-0.2, 0) is 4.79 Å². The van der Waals surface area contributed by atoms with Crippen LogP contribution < -0.4 is 10.1 Å². The lowest BCUT2D eigenvalue weighted by atomic mass is 10.2. The number of benzene rings is 1. The molecule has 112 valence electrons. The average molecular weight is 325 g/mol. The second-order valence-corrected chi connectivity index (χ2v) is 6.41. The van der Waals surface area contributed by atoms with E-state index in [2.05, 4.69) is 10.3 Å². The largest absolute Gasteiger partial charge is 0.494 e. The van der Waals surface area contributed by atoms with Crippen LogP contribution in [0.3, 0.4) is 0 Å². The summed E-state index contributed by atoms with van der Waals surface area (Å²) in [6.07, 6.45) is 2.78. The highest BCUT2D eigenvalue weighted by Crippen LogP contribution is 2.21. The summed E-state index contributed by atoms with van der Waals surface area (Å²) in [6, 6.07) is 5.56. The number of rotatable bonds is 6. The van der Waals surface area contributed by atoms with Gasteiger partial charge in [0.2, 0.25) is 5.91 Å². The maximum atomic E-state index is 11.7. The molecule has 4 nitrogen and oxygen atoms in total. The normalized spacial score (nSPS) is 10.4. The first-order valence-electron chi connectivity index (χ1n) is 6.65. The van der Waals surface area contributed by atoms with E-state index in [0.717, 1.165) is 16.2 Å². The van der Waals surface area contributed by atoms with E-state index in [1.165, 1.54) is 11.3 Å². The summed E-state index contributed by atoms with van der Waals surface area (Å²) in [5, 5.41) is 4.07. The van der Waals surface area contributed by atoms with E-state index in [9.17, 15) is 4.79 Å². The highest BCUT2D eigenvalue weighted by molar-refractivity contribution is 7.15. The Labute approximate surface area is 133 Å². The van der Waals surface area contributed by atoms with Crippen LogP contribution in [0.15, 0.2) is 24.4 Å². The van der Waals surface area contributed by atoms with Crippen LogP contribution in [0.2, 0.25) is 5.02 Å². The zero-order valence-corrected chi connectivity index (χ0v) is 13.6. The van der Waals surface area contributed by atoms with Crippen LogP contribution >= 0.6 is 22.9 Å². The number of amides is 1. The Morgan fingerprint density at radius 3 is 2.86 bits per heavy atom. The van der Waals surface area contributed by atoms with Gasteiger partial charge in [-0.25, -0.2) is 4.98 Å². The molecule has 2 aromatic rings. The van der Waals surface area contributed by atoms with Crippen molar-refractivity contribution in [2.24, 2.45) is 0 Å². The molecular formula is C15H17ClN2O2S. The summed E-state index contributed by atoms with van der Waals surface area (Å²) in [6.45, 7) is 4.39. The fraction of sp³-hybridized carbons (Fsp3) is 0.333. The minimum atomic E-state index is -0.0461. The van der Waals surface area contributed by atoms with Crippen LogP contribution in [0.25, 0.3) is 0 Å². The summed E-state index contributed by atoms with van der Waals surface area (Å²) < 4.78 is 5.59. The molecule has 1 heterocycles. The van der Waals surface area contributed by atoms with Crippen molar-refractivity contribution in [3.8, 4) is 5.75 Å². The molecule has 0 fully saturated rings. The van der Waals surface area contributed by atoms with Gasteiger partial charge in [-0.1, -0.05) is 11.6 Å². The zero-order valence-electron chi connectivity index (χ0n) is 12.0. The molecule has 1 aromatic carbocycles. The Morgan fingerprint density at radius 2 is 2.19 bits per heavy atom. The lowest BCUT2D eigenvalue weighted by Gasteiger charge is -2.07. The van der Waals surface area contributed by atoms with Crippen molar-refractivity contribution < 1.29 is 9.53 Å². The SMILES string of the molecule is Cc1cc(Cl)cc(OCCCC(=O)Nc2ncc(C)s2)c1. The molecule has 0 aliphatic rings. The minimum absolute atomic E-state index is 0.0461. The van der Waals surface area contributed by atoms with Crippen molar-refractivity contribution in [2.45, 2.75) is 26.7 Å². The Hall–Kier alpha value is -1.59. The lowest BCUT2D eigenvalue weighted by Crippen LogP contribution is -2.12. The zero-order chi connectivity index (χ0) is 15.2. The van der Waals surface area contributed by atoms with Crippen molar-refractivity contribution in [3.05, 3.63) is 39.9 Å². The third kappa shape index (κ3) is 5.36. The maximum absolute atomic E-state index is 11.7. The molecule has 0 spiro atoms. The van der Waals surface area contributed by atoms with E-state index in [1.54, 1.807) is 12.3 Å². The summed E-state index contributed by atoms with van der Waals surface area (Å²) in [4.78, 5) is 16.9. The van der Waals surface area contributed by atoms with Gasteiger partial charge in [0.25, 0.3) is 0 Å². The van der Waals surface area contributed by atoms with Crippen LogP contribution in [0.5, 0.6) is 5.75 Å². The highest BCUT2D eigenvalue weighted by atomic mass is 35.5. The van der Waals surface area contributed by atoms with Gasteiger partial charge in [0.05, 0.1) is 6.61 Å². The fourth-order valence-electron chi connectivity index (χ4n) is 1.80. The minimum Gasteiger partial charge on any atom is -0.494 e. The summed E-state index contributed by atoms with van der Waals surface area (Å²) >= 11 is 7.42. The number of aryl methyl sites for hydroxylation is 2. The van der Waals surface area contributed by atoms with E-state index < -0.39 is 0 Å². The number of nitrogens with zero attached hydrogens (tertiary/aromatic N) is 1. The van der Waals surface area contributed by atoms with Gasteiger partial charge in [-0.05, 0) is 44.0 Å². The first kappa shape index (κ1) is 15.8. The van der Waals surface area contributed by atoms with E-state index in [4.69, 9.17) is 16.3 Å². The van der Waals surface area contributed by atoms with Crippen molar-refractivity contribution in [1.29, 1.82) is 0 Å². The van der Waals surface area contributed by atoms with E-state index in [0.29, 0.717) is 29.6 Å². The van der Waals surface area contributed by atoms with Crippen molar-refractivity contribution in [1.82, 2.24) is 4.98 Å². The number of carbonyl (C=O) groups is 1. The molecule has 2 rings (SSSR count). The number of thiazole rings is 1. The summed E-state index contributed by atoms with van der Waals surface area (Å²) in [7, 11) is 0. The predicted octanol–water partition coefficient (Wildman–Crippen LogP) is 4.21. The van der Waals surface area contributed by atoms with Gasteiger partial charge in [0, 0.05) is 22.5 Å². The Bertz CT molecular complexity index is 608. The third-order valence-electron chi connectivity index (χ3n) is 2.70. The summed E-state index contributed by atoms with van der Waals surface area (Å²) in [5.41, 5.74) is 1.05. The molecular weight excluding hydrogens is 308 g/mol. The van der Waals surface area contributed by atoms with Crippen molar-refractivity contribution >= 4 is 34.0 Å². The molecule has 21 heavy (non-hydrogen) atoms. The second kappa shape index (κ2) is 7.43. The van der Waals surface area contributed by atoms with Gasteiger partial charge in [0.15, 0.2) is 5.13 Å². The Balaban J connectivity index is 1.70. The first-order valence-corrected chi connectivity index (χ1v) is 7.84. The highest BCUT2D eigenvalue weighted by Gasteiger charge is 2.05. The molecule has 1 amide bonds. The number of nitrogens with one attached hydrogen (secondary N) is 1. The number of hydrogen-bond donors (Lipinski definition) is 1. The monoisotopic (exact) mass is 324 g/mol. The number of halogens is 1. The maximum Gasteiger partial charge on any atom is 0.226 e. The van der Waals surface area contributed by atoms with Crippen LogP contribution in [0.1, 0.15) is 23.3 Å². The third-order valence-corrected chi connectivity index (χ3v) is 3.75. The van der Waals surface area contributed by atoms with Gasteiger partial charge in [0.1, 0.15) is 5.75 Å².